The van der Waals surface area contributed by atoms with E-state index in [9.17, 15) is 9.59 Å². The van der Waals surface area contributed by atoms with Crippen LogP contribution in [-0.4, -0.2) is 31.7 Å². The molecule has 2 rings (SSSR count). The molecular weight excluding hydrogens is 382 g/mol. The van der Waals surface area contributed by atoms with Gasteiger partial charge in [-0.15, -0.1) is 0 Å². The third-order valence-corrected chi connectivity index (χ3v) is 3.80. The molecule has 0 heterocycles. The van der Waals surface area contributed by atoms with Crippen LogP contribution < -0.4 is 20.2 Å². The number of aryl methyl sites for hydroxylation is 1. The van der Waals surface area contributed by atoms with Crippen LogP contribution in [0.4, 0.5) is 5.69 Å². The first kappa shape index (κ1) is 21.0. The first-order valence-electron chi connectivity index (χ1n) is 8.27. The van der Waals surface area contributed by atoms with Crippen molar-refractivity contribution in [1.29, 1.82) is 0 Å². The van der Waals surface area contributed by atoms with Crippen molar-refractivity contribution in [3.05, 3.63) is 65.2 Å². The molecule has 0 atom stereocenters. The van der Waals surface area contributed by atoms with Gasteiger partial charge in [0.1, 0.15) is 6.61 Å². The van der Waals surface area contributed by atoms with Crippen LogP contribution in [0.2, 0.25) is 5.02 Å². The van der Waals surface area contributed by atoms with Gasteiger partial charge in [0.25, 0.3) is 0 Å². The molecule has 0 aliphatic carbocycles. The van der Waals surface area contributed by atoms with Gasteiger partial charge in [-0.25, -0.2) is 5.43 Å². The van der Waals surface area contributed by atoms with E-state index in [4.69, 9.17) is 21.1 Å². The van der Waals surface area contributed by atoms with Gasteiger partial charge in [0.15, 0.2) is 11.5 Å². The molecule has 0 radical (unpaired) electrons. The fourth-order valence-electron chi connectivity index (χ4n) is 2.20. The van der Waals surface area contributed by atoms with Crippen molar-refractivity contribution in [3.63, 3.8) is 0 Å². The molecule has 2 aromatic carbocycles. The highest BCUT2D eigenvalue weighted by atomic mass is 35.5. The Kier molecular flexibility index (Phi) is 7.59. The summed E-state index contributed by atoms with van der Waals surface area (Å²) in [6.45, 7) is 5.71. The molecule has 7 nitrogen and oxygen atoms in total. The average molecular weight is 402 g/mol. The van der Waals surface area contributed by atoms with Gasteiger partial charge < -0.3 is 14.8 Å². The Bertz CT molecular complexity index is 912. The van der Waals surface area contributed by atoms with Crippen LogP contribution in [0.5, 0.6) is 11.5 Å². The Labute approximate surface area is 168 Å². The Morgan fingerprint density at radius 2 is 1.96 bits per heavy atom. The molecule has 28 heavy (non-hydrogen) atoms. The quantitative estimate of drug-likeness (QED) is 0.322. The average Bonchev–Trinajstić information content (AvgIpc) is 2.68. The van der Waals surface area contributed by atoms with Crippen molar-refractivity contribution in [2.75, 3.05) is 19.0 Å². The van der Waals surface area contributed by atoms with E-state index in [0.717, 1.165) is 5.56 Å². The predicted octanol–water partition coefficient (Wildman–Crippen LogP) is 3.31. The molecule has 0 saturated carbocycles. The van der Waals surface area contributed by atoms with E-state index < -0.39 is 11.8 Å². The lowest BCUT2D eigenvalue weighted by atomic mass is 10.2. The van der Waals surface area contributed by atoms with Gasteiger partial charge in [0.2, 0.25) is 0 Å². The highest BCUT2D eigenvalue weighted by molar-refractivity contribution is 6.39. The second-order valence-corrected chi connectivity index (χ2v) is 6.06. The van der Waals surface area contributed by atoms with Crippen LogP contribution in [-0.2, 0) is 9.59 Å². The normalized spacial score (nSPS) is 10.4. The maximum absolute atomic E-state index is 12.0. The number of nitrogens with one attached hydrogen (secondary N) is 2. The molecule has 2 N–H and O–H groups in total. The van der Waals surface area contributed by atoms with Crippen molar-refractivity contribution in [1.82, 2.24) is 5.43 Å². The number of carbonyl (C=O) groups excluding carboxylic acids is 2. The summed E-state index contributed by atoms with van der Waals surface area (Å²) in [5.74, 6) is -0.675. The maximum atomic E-state index is 12.0. The van der Waals surface area contributed by atoms with E-state index in [1.807, 2.05) is 0 Å². The maximum Gasteiger partial charge on any atom is 0.329 e. The van der Waals surface area contributed by atoms with Gasteiger partial charge in [0.05, 0.1) is 13.3 Å². The number of methoxy groups -OCH3 is 1. The van der Waals surface area contributed by atoms with Gasteiger partial charge in [-0.1, -0.05) is 24.3 Å². The summed E-state index contributed by atoms with van der Waals surface area (Å²) in [6, 6.07) is 10.0. The number of nitrogens with zero attached hydrogens (tertiary/aromatic N) is 1. The molecule has 2 aromatic rings. The topological polar surface area (TPSA) is 89.0 Å². The number of halogens is 1. The summed E-state index contributed by atoms with van der Waals surface area (Å²) in [5, 5.41) is 6.83. The van der Waals surface area contributed by atoms with Crippen LogP contribution in [0, 0.1) is 6.92 Å². The molecule has 0 spiro atoms. The summed E-state index contributed by atoms with van der Waals surface area (Å²) >= 11 is 5.87. The van der Waals surface area contributed by atoms with Gasteiger partial charge in [0, 0.05) is 10.7 Å². The summed E-state index contributed by atoms with van der Waals surface area (Å²) < 4.78 is 10.7. The molecule has 0 bridgehead atoms. The Hall–Kier alpha value is -3.32. The third-order valence-electron chi connectivity index (χ3n) is 3.57. The van der Waals surface area contributed by atoms with Gasteiger partial charge >= 0.3 is 11.8 Å². The summed E-state index contributed by atoms with van der Waals surface area (Å²) in [4.78, 5) is 23.9. The van der Waals surface area contributed by atoms with E-state index in [1.54, 1.807) is 49.4 Å². The number of benzene rings is 2. The molecular formula is C20H20ClN3O4. The number of hydrogen-bond donors (Lipinski definition) is 2. The number of rotatable bonds is 7. The molecule has 0 fully saturated rings. The summed E-state index contributed by atoms with van der Waals surface area (Å²) in [5.41, 5.74) is 4.06. The summed E-state index contributed by atoms with van der Waals surface area (Å²) in [6.07, 6.45) is 3.01. The molecule has 0 aliphatic rings. The lowest BCUT2D eigenvalue weighted by Crippen LogP contribution is -2.32. The Balaban J connectivity index is 1.96. The standard InChI is InChI=1S/C20H20ClN3O4/c1-4-9-28-17-8-5-14(11-18(17)27-3)12-22-24-20(26)19(25)23-16-7-6-15(21)10-13(16)2/h4-8,10-12H,1,9H2,2-3H3,(H,23,25)(H,24,26). The number of hydrogen-bond acceptors (Lipinski definition) is 5. The lowest BCUT2D eigenvalue weighted by molar-refractivity contribution is -0.136. The number of amides is 2. The molecule has 2 amide bonds. The van der Waals surface area contributed by atoms with Crippen molar-refractivity contribution in [2.24, 2.45) is 5.10 Å². The molecule has 0 aliphatic heterocycles. The van der Waals surface area contributed by atoms with Crippen LogP contribution >= 0.6 is 11.6 Å². The van der Waals surface area contributed by atoms with Crippen molar-refractivity contribution < 1.29 is 19.1 Å². The Morgan fingerprint density at radius 3 is 2.64 bits per heavy atom. The largest absolute Gasteiger partial charge is 0.493 e. The number of hydrazone groups is 1. The highest BCUT2D eigenvalue weighted by Crippen LogP contribution is 2.27. The summed E-state index contributed by atoms with van der Waals surface area (Å²) in [7, 11) is 1.52. The van der Waals surface area contributed by atoms with Crippen LogP contribution in [0.1, 0.15) is 11.1 Å². The minimum absolute atomic E-state index is 0.349. The van der Waals surface area contributed by atoms with Crippen molar-refractivity contribution in [2.45, 2.75) is 6.92 Å². The smallest absolute Gasteiger partial charge is 0.329 e. The van der Waals surface area contributed by atoms with Gasteiger partial charge in [-0.2, -0.15) is 5.10 Å². The van der Waals surface area contributed by atoms with E-state index in [-0.39, 0.29) is 0 Å². The van der Waals surface area contributed by atoms with Crippen LogP contribution in [0.3, 0.4) is 0 Å². The van der Waals surface area contributed by atoms with Crippen molar-refractivity contribution in [3.8, 4) is 11.5 Å². The number of carbonyl (C=O) groups is 2. The van der Waals surface area contributed by atoms with E-state index in [0.29, 0.717) is 34.4 Å². The fourth-order valence-corrected chi connectivity index (χ4v) is 2.42. The first-order valence-corrected chi connectivity index (χ1v) is 8.64. The first-order chi connectivity index (χ1) is 13.4. The Morgan fingerprint density at radius 1 is 1.18 bits per heavy atom. The number of anilines is 1. The lowest BCUT2D eigenvalue weighted by Gasteiger charge is -2.09. The number of ether oxygens (including phenoxy) is 2. The van der Waals surface area contributed by atoms with E-state index >= 15 is 0 Å². The zero-order valence-electron chi connectivity index (χ0n) is 15.5. The van der Waals surface area contributed by atoms with Crippen LogP contribution in [0.15, 0.2) is 54.2 Å². The van der Waals surface area contributed by atoms with Crippen LogP contribution in [0.25, 0.3) is 0 Å². The zero-order valence-corrected chi connectivity index (χ0v) is 16.2. The fraction of sp³-hybridized carbons (Fsp3) is 0.150. The molecule has 0 unspecified atom stereocenters. The van der Waals surface area contributed by atoms with E-state index in [1.165, 1.54) is 13.3 Å². The second kappa shape index (κ2) is 10.1. The molecule has 8 heteroatoms. The van der Waals surface area contributed by atoms with Gasteiger partial charge in [-0.05, 0) is 54.4 Å². The zero-order chi connectivity index (χ0) is 20.5. The second-order valence-electron chi connectivity index (χ2n) is 5.62. The van der Waals surface area contributed by atoms with Gasteiger partial charge in [-0.3, -0.25) is 9.59 Å². The molecule has 0 saturated heterocycles. The van der Waals surface area contributed by atoms with E-state index in [2.05, 4.69) is 22.4 Å². The molecule has 146 valence electrons. The van der Waals surface area contributed by atoms with Crippen molar-refractivity contribution >= 4 is 35.3 Å². The highest BCUT2D eigenvalue weighted by Gasteiger charge is 2.14. The molecule has 0 aromatic heterocycles. The monoisotopic (exact) mass is 401 g/mol. The predicted molar refractivity (Wildman–Crippen MR) is 109 cm³/mol. The SMILES string of the molecule is C=CCOc1ccc(C=NNC(=O)C(=O)Nc2ccc(Cl)cc2C)cc1OC. The minimum Gasteiger partial charge on any atom is -0.493 e. The minimum atomic E-state index is -0.900. The third kappa shape index (κ3) is 5.85.